The molecule has 0 saturated heterocycles. The van der Waals surface area contributed by atoms with Gasteiger partial charge in [-0.3, -0.25) is 4.57 Å². The Bertz CT molecular complexity index is 3310. The van der Waals surface area contributed by atoms with Crippen molar-refractivity contribution in [3.8, 4) is 39.8 Å². The van der Waals surface area contributed by atoms with E-state index in [0.717, 1.165) is 50.0 Å². The van der Waals surface area contributed by atoms with Crippen molar-refractivity contribution >= 4 is 32.8 Å². The van der Waals surface area contributed by atoms with Crippen molar-refractivity contribution in [1.82, 2.24) is 14.1 Å². The van der Waals surface area contributed by atoms with Crippen LogP contribution in [0.25, 0.3) is 61.2 Å². The average Bonchev–Trinajstić information content (AvgIpc) is 3.80. The van der Waals surface area contributed by atoms with Gasteiger partial charge in [-0.2, -0.15) is 18.2 Å². The van der Waals surface area contributed by atoms with Gasteiger partial charge in [-0.25, -0.2) is 4.98 Å². The van der Waals surface area contributed by atoms with E-state index in [-0.39, 0.29) is 54.0 Å². The van der Waals surface area contributed by atoms with Gasteiger partial charge in [-0.1, -0.05) is 135 Å². The van der Waals surface area contributed by atoms with Gasteiger partial charge in [-0.05, 0) is 104 Å². The van der Waals surface area contributed by atoms with Gasteiger partial charge in [-0.15, -0.1) is 29.7 Å². The number of nitrogens with zero attached hydrogens (tertiary/aromatic N) is 4. The van der Waals surface area contributed by atoms with Crippen molar-refractivity contribution in [1.29, 1.82) is 0 Å². The molecule has 0 aliphatic carbocycles. The Morgan fingerprint density at radius 2 is 1.31 bits per heavy atom. The van der Waals surface area contributed by atoms with Crippen LogP contribution in [0, 0.1) is 32.2 Å². The van der Waals surface area contributed by atoms with E-state index in [9.17, 15) is 0 Å². The van der Waals surface area contributed by atoms with Crippen LogP contribution in [0.1, 0.15) is 98.4 Å². The zero-order valence-electron chi connectivity index (χ0n) is 42.6. The molecule has 62 heavy (non-hydrogen) atoms. The van der Waals surface area contributed by atoms with E-state index in [4.69, 9.17) is 17.9 Å². The number of aromatic nitrogens is 4. The largest absolute Gasteiger partial charge is 0.510 e. The number of pyridine rings is 1. The molecule has 6 aromatic carbocycles. The minimum Gasteiger partial charge on any atom is -0.510 e. The fraction of sp³-hybridized carbons (Fsp3) is 0.250. The number of para-hydroxylation sites is 2. The second-order valence-corrected chi connectivity index (χ2v) is 19.0. The number of fused-ring (bicyclic) bond motifs is 4. The van der Waals surface area contributed by atoms with Crippen LogP contribution >= 0.6 is 0 Å². The third-order valence-corrected chi connectivity index (χ3v) is 11.5. The Hall–Kier alpha value is -5.77. The molecule has 0 atom stereocenters. The third-order valence-electron chi connectivity index (χ3n) is 11.5. The fourth-order valence-electron chi connectivity index (χ4n) is 8.39. The van der Waals surface area contributed by atoms with Gasteiger partial charge in [0.15, 0.2) is 0 Å². The zero-order valence-corrected chi connectivity index (χ0v) is 38.9. The summed E-state index contributed by atoms with van der Waals surface area (Å²) < 4.78 is 63.5. The molecule has 0 aliphatic heterocycles. The van der Waals surface area contributed by atoms with Gasteiger partial charge < -0.3 is 13.9 Å². The number of aryl methyl sites for hydroxylation is 2. The quantitative estimate of drug-likeness (QED) is 0.123. The van der Waals surface area contributed by atoms with E-state index >= 15 is 0 Å². The Labute approximate surface area is 389 Å². The molecule has 0 spiro atoms. The van der Waals surface area contributed by atoms with E-state index < -0.39 is 13.7 Å². The van der Waals surface area contributed by atoms with Crippen LogP contribution in [-0.4, -0.2) is 14.1 Å². The van der Waals surface area contributed by atoms with E-state index in [1.54, 1.807) is 0 Å². The Morgan fingerprint density at radius 1 is 0.629 bits per heavy atom. The SMILES string of the molecule is [2H]C([2H])([2H])c1cccc(C([2H])([2H])[2H])c1-c1ccc2c(c1)n(-c1[c-]c(Oc3[c-]c4c(cc3)c3ccccc3n4-c3cc(C(C)(C)C)ccn3)ccc1)[c-][n+]2-c1c(C(C)(C)C)cccc1C(C)(C)C.[Pt]. The van der Waals surface area contributed by atoms with E-state index in [1.165, 1.54) is 23.8 Å². The average molecular weight is 1000 g/mol. The molecule has 9 aromatic rings. The first kappa shape index (κ1) is 35.8. The molecule has 0 radical (unpaired) electrons. The van der Waals surface area contributed by atoms with Crippen molar-refractivity contribution < 1.29 is 38.6 Å². The summed E-state index contributed by atoms with van der Waals surface area (Å²) in [4.78, 5) is 4.83. The van der Waals surface area contributed by atoms with Crippen molar-refractivity contribution in [2.24, 2.45) is 0 Å². The van der Waals surface area contributed by atoms with E-state index in [1.807, 2.05) is 65.4 Å². The van der Waals surface area contributed by atoms with Crippen LogP contribution in [-0.2, 0) is 37.3 Å². The summed E-state index contributed by atoms with van der Waals surface area (Å²) in [6, 6.07) is 45.7. The van der Waals surface area contributed by atoms with Gasteiger partial charge in [0.25, 0.3) is 6.33 Å². The summed E-state index contributed by atoms with van der Waals surface area (Å²) in [7, 11) is 0. The molecule has 5 nitrogen and oxygen atoms in total. The van der Waals surface area contributed by atoms with Gasteiger partial charge in [0.1, 0.15) is 5.82 Å². The van der Waals surface area contributed by atoms with Crippen molar-refractivity contribution in [3.63, 3.8) is 0 Å². The van der Waals surface area contributed by atoms with Gasteiger partial charge in [0, 0.05) is 52.5 Å². The van der Waals surface area contributed by atoms with Crippen LogP contribution < -0.4 is 9.30 Å². The summed E-state index contributed by atoms with van der Waals surface area (Å²) in [6.07, 6.45) is 5.55. The van der Waals surface area contributed by atoms with Crippen molar-refractivity contribution in [2.75, 3.05) is 0 Å². The number of ether oxygens (including phenoxy) is 1. The number of hydrogen-bond donors (Lipinski definition) is 0. The standard InChI is InChI=1S/C56H54N4O.Pt/c1-36-17-14-18-37(2)52(36)38-25-28-48-50(31-38)58(35-59(48)53-45(55(6,7)8)22-16-23-46(53)56(9,10)11)40-19-15-20-41(33-40)61-42-26-27-44-43-21-12-13-24-47(43)60(49(44)34-42)51-32-39(29-30-57-51)54(3,4)5;/h12-32H,1-11H3;/q-2;/i1D3,2D3;. The molecule has 0 aliphatic rings. The fourth-order valence-corrected chi connectivity index (χ4v) is 8.39. The van der Waals surface area contributed by atoms with Gasteiger partial charge >= 0.3 is 0 Å². The van der Waals surface area contributed by atoms with Gasteiger partial charge in [0.2, 0.25) is 0 Å². The van der Waals surface area contributed by atoms with Crippen molar-refractivity contribution in [2.45, 2.75) is 92.3 Å². The molecule has 0 amide bonds. The summed E-state index contributed by atoms with van der Waals surface area (Å²) >= 11 is 0. The maximum atomic E-state index is 8.47. The molecule has 0 bridgehead atoms. The second kappa shape index (κ2) is 15.8. The Kier molecular flexibility index (Phi) is 9.15. The number of rotatable bonds is 6. The first-order valence-corrected chi connectivity index (χ1v) is 20.8. The second-order valence-electron chi connectivity index (χ2n) is 19.0. The van der Waals surface area contributed by atoms with Crippen LogP contribution in [0.15, 0.2) is 128 Å². The molecule has 6 heteroatoms. The van der Waals surface area contributed by atoms with Crippen LogP contribution in [0.5, 0.6) is 11.5 Å². The van der Waals surface area contributed by atoms with Gasteiger partial charge in [0.05, 0.1) is 16.7 Å². The monoisotopic (exact) mass is 999 g/mol. The number of benzene rings is 6. The predicted molar refractivity (Wildman–Crippen MR) is 251 cm³/mol. The molecule has 3 aromatic heterocycles. The molecule has 0 N–H and O–H groups in total. The molecule has 316 valence electrons. The third kappa shape index (κ3) is 7.70. The number of hydrogen-bond acceptors (Lipinski definition) is 2. The Morgan fingerprint density at radius 3 is 2.00 bits per heavy atom. The Balaban J connectivity index is 0.00000625. The summed E-state index contributed by atoms with van der Waals surface area (Å²) in [6.45, 7) is 14.6. The van der Waals surface area contributed by atoms with Crippen LogP contribution in [0.2, 0.25) is 0 Å². The summed E-state index contributed by atoms with van der Waals surface area (Å²) in [5, 5.41) is 2.10. The van der Waals surface area contributed by atoms with Crippen LogP contribution in [0.3, 0.4) is 0 Å². The minimum absolute atomic E-state index is 0. The molecule has 0 unspecified atom stereocenters. The molecule has 0 saturated carbocycles. The zero-order chi connectivity index (χ0) is 48.0. The smallest absolute Gasteiger partial charge is 0.268 e. The van der Waals surface area contributed by atoms with E-state index in [2.05, 4.69) is 138 Å². The minimum atomic E-state index is -2.58. The molecule has 9 rings (SSSR count). The molecular formula is C56H54N4OPt-2. The van der Waals surface area contributed by atoms with Crippen LogP contribution in [0.4, 0.5) is 0 Å². The number of imidazole rings is 1. The molecular weight excluding hydrogens is 940 g/mol. The normalized spacial score (nSPS) is 14.1. The maximum absolute atomic E-state index is 8.47. The summed E-state index contributed by atoms with van der Waals surface area (Å²) in [5.74, 6) is 1.71. The topological polar surface area (TPSA) is 35.9 Å². The maximum Gasteiger partial charge on any atom is 0.268 e. The molecule has 0 fully saturated rings. The summed E-state index contributed by atoms with van der Waals surface area (Å²) in [5.41, 5.74) is 8.23. The first-order valence-electron chi connectivity index (χ1n) is 23.8. The predicted octanol–water partition coefficient (Wildman–Crippen LogP) is 13.8. The first-order chi connectivity index (χ1) is 31.4. The van der Waals surface area contributed by atoms with E-state index in [0.29, 0.717) is 28.3 Å². The van der Waals surface area contributed by atoms with Crippen molar-refractivity contribution in [3.05, 3.63) is 174 Å². The molecule has 3 heterocycles.